The number of rotatable bonds is 7. The first kappa shape index (κ1) is 21.6. The number of allylic oxidation sites excluding steroid dienone is 1. The van der Waals surface area contributed by atoms with Crippen molar-refractivity contribution < 1.29 is 19.1 Å². The molecule has 0 spiro atoms. The van der Waals surface area contributed by atoms with E-state index in [1.807, 2.05) is 49.4 Å². The average molecular weight is 425 g/mol. The van der Waals surface area contributed by atoms with Crippen molar-refractivity contribution in [2.24, 2.45) is 4.99 Å². The molecule has 0 radical (unpaired) electrons. The Bertz CT molecular complexity index is 968. The highest BCUT2D eigenvalue weighted by atomic mass is 32.2. The molecular weight excluding hydrogens is 400 g/mol. The molecular formula is C23H24N2O4S. The molecule has 0 saturated carbocycles. The van der Waals surface area contributed by atoms with Gasteiger partial charge >= 0.3 is 5.97 Å². The molecule has 6 nitrogen and oxygen atoms in total. The smallest absolute Gasteiger partial charge is 0.338 e. The van der Waals surface area contributed by atoms with Crippen molar-refractivity contribution in [1.29, 1.82) is 0 Å². The van der Waals surface area contributed by atoms with Crippen molar-refractivity contribution in [3.05, 3.63) is 77.0 Å². The Morgan fingerprint density at radius 3 is 2.43 bits per heavy atom. The topological polar surface area (TPSA) is 77.0 Å². The van der Waals surface area contributed by atoms with Gasteiger partial charge in [-0.25, -0.2) is 9.79 Å². The highest BCUT2D eigenvalue weighted by Gasteiger charge is 2.30. The number of nitrogens with one attached hydrogen (secondary N) is 1. The highest BCUT2D eigenvalue weighted by Crippen LogP contribution is 2.33. The lowest BCUT2D eigenvalue weighted by molar-refractivity contribution is -0.138. The van der Waals surface area contributed by atoms with E-state index in [1.165, 1.54) is 11.8 Å². The summed E-state index contributed by atoms with van der Waals surface area (Å²) in [5, 5.41) is 3.74. The summed E-state index contributed by atoms with van der Waals surface area (Å²) in [7, 11) is 1.60. The molecule has 0 unspecified atom stereocenters. The summed E-state index contributed by atoms with van der Waals surface area (Å²) in [4.78, 5) is 29.8. The van der Waals surface area contributed by atoms with Crippen LogP contribution in [0.2, 0.25) is 0 Å². The molecule has 0 fully saturated rings. The van der Waals surface area contributed by atoms with Gasteiger partial charge in [0.2, 0.25) is 0 Å². The van der Waals surface area contributed by atoms with Gasteiger partial charge in [-0.3, -0.25) is 4.79 Å². The number of nitrogens with zero attached hydrogens (tertiary/aromatic N) is 1. The zero-order chi connectivity index (χ0) is 21.5. The van der Waals surface area contributed by atoms with E-state index in [0.717, 1.165) is 11.3 Å². The highest BCUT2D eigenvalue weighted by molar-refractivity contribution is 8.14. The fraction of sp³-hybridized carbons (Fsp3) is 0.261. The summed E-state index contributed by atoms with van der Waals surface area (Å²) in [5.74, 6) is 0.575. The Morgan fingerprint density at radius 2 is 1.80 bits per heavy atom. The van der Waals surface area contributed by atoms with Crippen molar-refractivity contribution in [2.75, 3.05) is 19.5 Å². The monoisotopic (exact) mass is 424 g/mol. The first-order chi connectivity index (χ1) is 14.5. The van der Waals surface area contributed by atoms with Gasteiger partial charge in [-0.1, -0.05) is 54.2 Å². The number of hydrogen-bond acceptors (Lipinski definition) is 7. The molecule has 2 aromatic carbocycles. The minimum absolute atomic E-state index is 0.0175. The number of aliphatic imine (C=N–C) groups is 1. The summed E-state index contributed by atoms with van der Waals surface area (Å²) in [5.41, 5.74) is 2.62. The number of ether oxygens (including phenoxy) is 2. The van der Waals surface area contributed by atoms with Gasteiger partial charge in [-0.05, 0) is 31.5 Å². The van der Waals surface area contributed by atoms with E-state index >= 15 is 0 Å². The minimum Gasteiger partial charge on any atom is -0.497 e. The molecule has 1 aliphatic heterocycles. The van der Waals surface area contributed by atoms with Crippen LogP contribution in [0.3, 0.4) is 0 Å². The summed E-state index contributed by atoms with van der Waals surface area (Å²) in [6, 6.07) is 16.0. The second-order valence-corrected chi connectivity index (χ2v) is 7.54. The van der Waals surface area contributed by atoms with E-state index in [9.17, 15) is 9.59 Å². The van der Waals surface area contributed by atoms with Crippen molar-refractivity contribution in [2.45, 2.75) is 19.9 Å². The molecule has 0 amide bonds. The van der Waals surface area contributed by atoms with Crippen LogP contribution in [-0.4, -0.2) is 36.4 Å². The van der Waals surface area contributed by atoms with Gasteiger partial charge in [0, 0.05) is 11.3 Å². The van der Waals surface area contributed by atoms with Crippen LogP contribution >= 0.6 is 11.8 Å². The molecule has 7 heteroatoms. The van der Waals surface area contributed by atoms with Gasteiger partial charge in [-0.15, -0.1) is 0 Å². The number of Topliss-reactive ketones (excluding diaryl/α,β-unsaturated/α-hetero) is 1. The van der Waals surface area contributed by atoms with Gasteiger partial charge in [0.15, 0.2) is 11.0 Å². The second kappa shape index (κ2) is 10.1. The normalized spacial score (nSPS) is 15.8. The Morgan fingerprint density at radius 1 is 1.10 bits per heavy atom. The van der Waals surface area contributed by atoms with E-state index in [1.54, 1.807) is 26.2 Å². The van der Waals surface area contributed by atoms with E-state index < -0.39 is 12.0 Å². The standard InChI is InChI=1S/C23H24N2O4S/c1-4-29-22(27)20-15(2)24-23(30-14-19(26)16-8-6-5-7-9-16)25-21(20)17-10-12-18(28-3)13-11-17/h5-13,21H,4,14H2,1-3H3,(H,24,25)/t21-/m0/s1. The quantitative estimate of drug-likeness (QED) is 0.532. The maximum Gasteiger partial charge on any atom is 0.338 e. The van der Waals surface area contributed by atoms with Crippen LogP contribution in [0.1, 0.15) is 35.8 Å². The number of esters is 1. The summed E-state index contributed by atoms with van der Waals surface area (Å²) in [6.45, 7) is 3.87. The summed E-state index contributed by atoms with van der Waals surface area (Å²) >= 11 is 1.32. The lowest BCUT2D eigenvalue weighted by Crippen LogP contribution is -2.31. The van der Waals surface area contributed by atoms with E-state index in [2.05, 4.69) is 5.32 Å². The molecule has 1 N–H and O–H groups in total. The predicted molar refractivity (Wildman–Crippen MR) is 119 cm³/mol. The number of thioether (sulfide) groups is 1. The van der Waals surface area contributed by atoms with E-state index in [4.69, 9.17) is 14.5 Å². The summed E-state index contributed by atoms with van der Waals surface area (Å²) < 4.78 is 10.5. The van der Waals surface area contributed by atoms with E-state index in [0.29, 0.717) is 22.0 Å². The number of ketones is 1. The third-order valence-corrected chi connectivity index (χ3v) is 5.47. The zero-order valence-corrected chi connectivity index (χ0v) is 18.0. The molecule has 0 aliphatic carbocycles. The molecule has 0 aromatic heterocycles. The molecule has 3 rings (SSSR count). The van der Waals surface area contributed by atoms with Gasteiger partial charge in [-0.2, -0.15) is 0 Å². The van der Waals surface area contributed by atoms with Crippen LogP contribution in [0.25, 0.3) is 0 Å². The maximum atomic E-state index is 12.6. The number of carbonyl (C=O) groups excluding carboxylic acids is 2. The summed E-state index contributed by atoms with van der Waals surface area (Å²) in [6.07, 6.45) is 0. The Hall–Kier alpha value is -3.06. The number of hydrogen-bond donors (Lipinski definition) is 1. The fourth-order valence-electron chi connectivity index (χ4n) is 3.06. The van der Waals surface area contributed by atoms with Crippen LogP contribution in [0.15, 0.2) is 70.9 Å². The van der Waals surface area contributed by atoms with Gasteiger partial charge in [0.05, 0.1) is 25.0 Å². The lowest BCUT2D eigenvalue weighted by atomic mass is 9.96. The number of benzene rings is 2. The van der Waals surface area contributed by atoms with Crippen LogP contribution < -0.4 is 10.1 Å². The number of methoxy groups -OCH3 is 1. The van der Waals surface area contributed by atoms with Crippen molar-refractivity contribution >= 4 is 28.7 Å². The van der Waals surface area contributed by atoms with Crippen LogP contribution in [0.4, 0.5) is 0 Å². The third-order valence-electron chi connectivity index (χ3n) is 4.58. The molecule has 156 valence electrons. The van der Waals surface area contributed by atoms with Crippen LogP contribution in [-0.2, 0) is 9.53 Å². The minimum atomic E-state index is -0.523. The number of carbonyl (C=O) groups is 2. The van der Waals surface area contributed by atoms with Crippen molar-refractivity contribution in [1.82, 2.24) is 5.32 Å². The van der Waals surface area contributed by atoms with Crippen molar-refractivity contribution in [3.8, 4) is 5.75 Å². The Labute approximate surface area is 180 Å². The van der Waals surface area contributed by atoms with Crippen LogP contribution in [0.5, 0.6) is 5.75 Å². The molecule has 0 bridgehead atoms. The molecule has 30 heavy (non-hydrogen) atoms. The zero-order valence-electron chi connectivity index (χ0n) is 17.2. The average Bonchev–Trinajstić information content (AvgIpc) is 2.77. The Kier molecular flexibility index (Phi) is 7.30. The molecule has 1 heterocycles. The maximum absolute atomic E-state index is 12.6. The SMILES string of the molecule is CCOC(=O)C1=C(C)NC(SCC(=O)c2ccccc2)=N[C@H]1c1ccc(OC)cc1. The van der Waals surface area contributed by atoms with Gasteiger partial charge in [0.1, 0.15) is 11.8 Å². The predicted octanol–water partition coefficient (Wildman–Crippen LogP) is 4.15. The Balaban J connectivity index is 1.84. The van der Waals surface area contributed by atoms with Crippen LogP contribution in [0, 0.1) is 0 Å². The number of amidine groups is 1. The first-order valence-corrected chi connectivity index (χ1v) is 10.6. The fourth-order valence-corrected chi connectivity index (χ4v) is 3.90. The molecule has 2 aromatic rings. The molecule has 1 aliphatic rings. The third kappa shape index (κ3) is 5.10. The van der Waals surface area contributed by atoms with Gasteiger partial charge in [0.25, 0.3) is 0 Å². The van der Waals surface area contributed by atoms with Crippen molar-refractivity contribution in [3.63, 3.8) is 0 Å². The van der Waals surface area contributed by atoms with Gasteiger partial charge < -0.3 is 14.8 Å². The molecule has 1 atom stereocenters. The largest absolute Gasteiger partial charge is 0.497 e. The lowest BCUT2D eigenvalue weighted by Gasteiger charge is -2.25. The second-order valence-electron chi connectivity index (χ2n) is 6.57. The molecule has 0 saturated heterocycles. The first-order valence-electron chi connectivity index (χ1n) is 9.61. The van der Waals surface area contributed by atoms with E-state index in [-0.39, 0.29) is 18.1 Å².